The minimum atomic E-state index is -0.139. The second-order valence-electron chi connectivity index (χ2n) is 11.0. The van der Waals surface area contributed by atoms with E-state index < -0.39 is 0 Å². The van der Waals surface area contributed by atoms with E-state index in [9.17, 15) is 9.59 Å². The minimum Gasteiger partial charge on any atom is -0.463 e. The predicted molar refractivity (Wildman–Crippen MR) is 170 cm³/mol. The van der Waals surface area contributed by atoms with Gasteiger partial charge in [0, 0.05) is 12.8 Å². The van der Waals surface area contributed by atoms with Crippen LogP contribution in [0.2, 0.25) is 0 Å². The van der Waals surface area contributed by atoms with Gasteiger partial charge in [0.2, 0.25) is 0 Å². The van der Waals surface area contributed by atoms with Gasteiger partial charge in [0.05, 0.1) is 66.1 Å². The van der Waals surface area contributed by atoms with Gasteiger partial charge >= 0.3 is 11.9 Å². The molecule has 0 rings (SSSR count). The molecule has 0 aliphatic heterocycles. The quantitative estimate of drug-likeness (QED) is 0.0532. The molecule has 0 saturated carbocycles. The highest BCUT2D eigenvalue weighted by Crippen LogP contribution is 2.11. The molecule has 0 fully saturated rings. The smallest absolute Gasteiger partial charge is 0.305 e. The number of rotatable bonds is 36. The van der Waals surface area contributed by atoms with Gasteiger partial charge in [-0.3, -0.25) is 9.59 Å². The summed E-state index contributed by atoms with van der Waals surface area (Å²) in [7, 11) is 0. The molecule has 43 heavy (non-hydrogen) atoms. The van der Waals surface area contributed by atoms with Gasteiger partial charge in [-0.05, 0) is 12.8 Å². The van der Waals surface area contributed by atoms with Gasteiger partial charge in [-0.25, -0.2) is 0 Å². The van der Waals surface area contributed by atoms with Crippen molar-refractivity contribution in [3.63, 3.8) is 0 Å². The fourth-order valence-electron chi connectivity index (χ4n) is 4.36. The lowest BCUT2D eigenvalue weighted by atomic mass is 10.1. The standard InChI is InChI=1S/C34H66O9/c1-3-5-7-9-11-12-14-16-18-20-34(36)43-32-30-41-28-26-39-24-22-37-21-23-38-25-27-40-29-31-42-33(35)19-17-15-13-10-8-6-4-2/h3-32H2,1-2H3. The minimum absolute atomic E-state index is 0.136. The zero-order chi connectivity index (χ0) is 31.3. The van der Waals surface area contributed by atoms with Crippen LogP contribution in [0.4, 0.5) is 0 Å². The Morgan fingerprint density at radius 2 is 0.558 bits per heavy atom. The molecule has 0 N–H and O–H groups in total. The van der Waals surface area contributed by atoms with Gasteiger partial charge in [-0.2, -0.15) is 0 Å². The van der Waals surface area contributed by atoms with E-state index in [0.717, 1.165) is 25.7 Å². The summed E-state index contributed by atoms with van der Waals surface area (Å²) in [5.41, 5.74) is 0. The van der Waals surface area contributed by atoms with E-state index in [2.05, 4.69) is 13.8 Å². The first-order valence-corrected chi connectivity index (χ1v) is 17.4. The Labute approximate surface area is 263 Å². The number of hydrogen-bond donors (Lipinski definition) is 0. The first-order chi connectivity index (χ1) is 21.2. The van der Waals surface area contributed by atoms with E-state index >= 15 is 0 Å². The Morgan fingerprint density at radius 1 is 0.326 bits per heavy atom. The molecule has 9 nitrogen and oxygen atoms in total. The van der Waals surface area contributed by atoms with E-state index in [1.54, 1.807) is 0 Å². The lowest BCUT2D eigenvalue weighted by Crippen LogP contribution is -2.15. The lowest BCUT2D eigenvalue weighted by Gasteiger charge is -2.08. The van der Waals surface area contributed by atoms with Crippen LogP contribution in [0.25, 0.3) is 0 Å². The SMILES string of the molecule is CCCCCCCCCCCC(=O)OCCOCCOCCOCCOCCOCCOC(=O)CCCCCCCCC. The number of esters is 2. The summed E-state index contributed by atoms with van der Waals surface area (Å²) >= 11 is 0. The second-order valence-corrected chi connectivity index (χ2v) is 11.0. The Hall–Kier alpha value is -1.26. The fraction of sp³-hybridized carbons (Fsp3) is 0.941. The average molecular weight is 619 g/mol. The molecule has 0 radical (unpaired) electrons. The van der Waals surface area contributed by atoms with E-state index in [-0.39, 0.29) is 25.2 Å². The summed E-state index contributed by atoms with van der Waals surface area (Å²) in [6.07, 6.45) is 20.4. The maximum absolute atomic E-state index is 11.8. The molecule has 0 aliphatic carbocycles. The van der Waals surface area contributed by atoms with Gasteiger partial charge in [0.25, 0.3) is 0 Å². The van der Waals surface area contributed by atoms with Crippen LogP contribution >= 0.6 is 0 Å². The van der Waals surface area contributed by atoms with Crippen molar-refractivity contribution >= 4 is 11.9 Å². The lowest BCUT2D eigenvalue weighted by molar-refractivity contribution is -0.146. The maximum Gasteiger partial charge on any atom is 0.305 e. The zero-order valence-corrected chi connectivity index (χ0v) is 27.9. The summed E-state index contributed by atoms with van der Waals surface area (Å²) in [6.45, 7) is 9.59. The first kappa shape index (κ1) is 41.7. The van der Waals surface area contributed by atoms with Crippen molar-refractivity contribution in [2.24, 2.45) is 0 Å². The molecule has 0 amide bonds. The number of hydrogen-bond acceptors (Lipinski definition) is 9. The predicted octanol–water partition coefficient (Wildman–Crippen LogP) is 7.22. The number of carbonyl (C=O) groups excluding carboxylic acids is 2. The molecule has 0 heterocycles. The molecule has 0 aromatic heterocycles. The maximum atomic E-state index is 11.8. The Kier molecular flexibility index (Phi) is 35.8. The molecule has 0 aliphatic rings. The summed E-state index contributed by atoms with van der Waals surface area (Å²) in [6, 6.07) is 0. The average Bonchev–Trinajstić information content (AvgIpc) is 3.01. The molecular formula is C34H66O9. The molecule has 0 aromatic rings. The highest BCUT2D eigenvalue weighted by atomic mass is 16.6. The Balaban J connectivity index is 3.18. The van der Waals surface area contributed by atoms with Crippen LogP contribution < -0.4 is 0 Å². The topological polar surface area (TPSA) is 98.8 Å². The van der Waals surface area contributed by atoms with Crippen molar-refractivity contribution in [3.05, 3.63) is 0 Å². The molecule has 0 unspecified atom stereocenters. The molecular weight excluding hydrogens is 552 g/mol. The van der Waals surface area contributed by atoms with Crippen molar-refractivity contribution in [2.75, 3.05) is 79.3 Å². The highest BCUT2D eigenvalue weighted by Gasteiger charge is 2.04. The van der Waals surface area contributed by atoms with Crippen LogP contribution in [-0.2, 0) is 42.7 Å². The normalized spacial score (nSPS) is 11.2. The van der Waals surface area contributed by atoms with Crippen molar-refractivity contribution in [3.8, 4) is 0 Å². The number of carbonyl (C=O) groups is 2. The van der Waals surface area contributed by atoms with Crippen LogP contribution in [0.1, 0.15) is 129 Å². The van der Waals surface area contributed by atoms with Gasteiger partial charge < -0.3 is 33.2 Å². The largest absolute Gasteiger partial charge is 0.463 e. The van der Waals surface area contributed by atoms with Crippen molar-refractivity contribution in [2.45, 2.75) is 129 Å². The van der Waals surface area contributed by atoms with E-state index in [1.165, 1.54) is 77.0 Å². The summed E-state index contributed by atoms with van der Waals surface area (Å²) in [5.74, 6) is -0.275. The summed E-state index contributed by atoms with van der Waals surface area (Å²) in [4.78, 5) is 23.5. The van der Waals surface area contributed by atoms with Crippen LogP contribution in [0.3, 0.4) is 0 Å². The van der Waals surface area contributed by atoms with Gasteiger partial charge in [-0.1, -0.05) is 104 Å². The van der Waals surface area contributed by atoms with E-state index in [1.807, 2.05) is 0 Å². The fourth-order valence-corrected chi connectivity index (χ4v) is 4.36. The number of ether oxygens (including phenoxy) is 7. The van der Waals surface area contributed by atoms with Crippen molar-refractivity contribution in [1.29, 1.82) is 0 Å². The highest BCUT2D eigenvalue weighted by molar-refractivity contribution is 5.69. The Morgan fingerprint density at radius 3 is 0.837 bits per heavy atom. The third-order valence-electron chi connectivity index (χ3n) is 6.94. The second kappa shape index (κ2) is 36.9. The molecule has 9 heteroatoms. The monoisotopic (exact) mass is 618 g/mol. The van der Waals surface area contributed by atoms with E-state index in [4.69, 9.17) is 33.2 Å². The van der Waals surface area contributed by atoms with Crippen LogP contribution in [0.5, 0.6) is 0 Å². The zero-order valence-electron chi connectivity index (χ0n) is 27.9. The Bertz CT molecular complexity index is 574. The van der Waals surface area contributed by atoms with Gasteiger partial charge in [-0.15, -0.1) is 0 Å². The van der Waals surface area contributed by atoms with Crippen LogP contribution in [0.15, 0.2) is 0 Å². The molecule has 0 atom stereocenters. The molecule has 0 bridgehead atoms. The first-order valence-electron chi connectivity index (χ1n) is 17.4. The van der Waals surface area contributed by atoms with Gasteiger partial charge in [0.1, 0.15) is 13.2 Å². The third-order valence-corrected chi connectivity index (χ3v) is 6.94. The van der Waals surface area contributed by atoms with E-state index in [0.29, 0.717) is 78.9 Å². The van der Waals surface area contributed by atoms with Crippen LogP contribution in [-0.4, -0.2) is 91.2 Å². The number of unbranched alkanes of at least 4 members (excludes halogenated alkanes) is 14. The van der Waals surface area contributed by atoms with Gasteiger partial charge in [0.15, 0.2) is 0 Å². The van der Waals surface area contributed by atoms with Crippen molar-refractivity contribution < 1.29 is 42.7 Å². The summed E-state index contributed by atoms with van der Waals surface area (Å²) in [5, 5.41) is 0. The molecule has 0 aromatic carbocycles. The third kappa shape index (κ3) is 36.8. The van der Waals surface area contributed by atoms with Crippen LogP contribution in [0, 0.1) is 0 Å². The van der Waals surface area contributed by atoms with Crippen molar-refractivity contribution in [1.82, 2.24) is 0 Å². The molecule has 256 valence electrons. The molecule has 0 saturated heterocycles. The molecule has 0 spiro atoms. The summed E-state index contributed by atoms with van der Waals surface area (Å²) < 4.78 is 37.6.